The van der Waals surface area contributed by atoms with Crippen molar-refractivity contribution in [2.75, 3.05) is 0 Å². The molecular weight excluding hydrogens is 139 g/mol. The van der Waals surface area contributed by atoms with E-state index in [1.54, 1.807) is 0 Å². The van der Waals surface area contributed by atoms with Crippen molar-refractivity contribution < 1.29 is 27.4 Å². The van der Waals surface area contributed by atoms with Gasteiger partial charge in [-0.15, -0.1) is 0 Å². The third-order valence-electron chi connectivity index (χ3n) is 0. The minimum Gasteiger partial charge on any atom is -0.870 e. The van der Waals surface area contributed by atoms with E-state index in [0.29, 0.717) is 0 Å². The summed E-state index contributed by atoms with van der Waals surface area (Å²) in [4.78, 5) is 0. The van der Waals surface area contributed by atoms with Gasteiger partial charge in [-0.2, -0.15) is 13.5 Å². The van der Waals surface area contributed by atoms with Crippen LogP contribution in [0.25, 0.3) is 0 Å². The average Bonchev–Trinajstić information content (AvgIpc) is 0. The van der Waals surface area contributed by atoms with Crippen LogP contribution < -0.4 is 0 Å². The Bertz CT molecular complexity index is 8.04. The van der Waals surface area contributed by atoms with E-state index in [0.717, 1.165) is 0 Å². The quantitative estimate of drug-likeness (QED) is 0.350. The molecule has 7 heavy (non-hydrogen) atoms. The minimum absolute atomic E-state index is 0. The van der Waals surface area contributed by atoms with E-state index >= 15 is 0 Å². The minimum atomic E-state index is 0. The van der Waals surface area contributed by atoms with Crippen LogP contribution in [0.3, 0.4) is 0 Å². The molecule has 0 spiro atoms. The van der Waals surface area contributed by atoms with Crippen molar-refractivity contribution in [1.29, 1.82) is 0 Å². The Morgan fingerprint density at radius 3 is 0.571 bits per heavy atom. The molecule has 0 saturated heterocycles. The van der Waals surface area contributed by atoms with E-state index < -0.39 is 0 Å². The SMILES string of the molecule is O.O.S.[Al+3].[OH-].[OH-].[OH-]. The molecule has 0 rings (SSSR count). The maximum absolute atomic E-state index is 0. The molecular formula is H9AlO5S. The van der Waals surface area contributed by atoms with Gasteiger partial charge in [-0.1, -0.05) is 0 Å². The van der Waals surface area contributed by atoms with E-state index in [1.165, 1.54) is 0 Å². The van der Waals surface area contributed by atoms with Crippen LogP contribution in [0.1, 0.15) is 0 Å². The fourth-order valence-electron chi connectivity index (χ4n) is 0. The summed E-state index contributed by atoms with van der Waals surface area (Å²) < 4.78 is 0. The normalized spacial score (nSPS) is 0. The molecule has 5 nitrogen and oxygen atoms in total. The van der Waals surface area contributed by atoms with Gasteiger partial charge in [0.15, 0.2) is 0 Å². The predicted octanol–water partition coefficient (Wildman–Crippen LogP) is -2.45. The van der Waals surface area contributed by atoms with Gasteiger partial charge in [-0.3, -0.25) is 0 Å². The van der Waals surface area contributed by atoms with Crippen molar-refractivity contribution in [3.8, 4) is 0 Å². The molecule has 7 N–H and O–H groups in total. The van der Waals surface area contributed by atoms with Gasteiger partial charge in [0, 0.05) is 0 Å². The Labute approximate surface area is 58.8 Å². The first-order valence-electron chi connectivity index (χ1n) is 0. The Balaban J connectivity index is 0. The number of rotatable bonds is 0. The standard InChI is InChI=1S/Al.5H2O.H2S/h;6*1H2/q+3;;;;;;/p-3. The van der Waals surface area contributed by atoms with E-state index in [-0.39, 0.29) is 58.2 Å². The Hall–Kier alpha value is 0.682. The largest absolute Gasteiger partial charge is 3.00 e. The second-order valence-electron chi connectivity index (χ2n) is 0. The smallest absolute Gasteiger partial charge is 0.870 e. The van der Waals surface area contributed by atoms with Gasteiger partial charge in [0.25, 0.3) is 0 Å². The molecule has 0 aromatic carbocycles. The van der Waals surface area contributed by atoms with Crippen LogP contribution in [-0.2, 0) is 0 Å². The molecule has 0 bridgehead atoms. The van der Waals surface area contributed by atoms with Crippen LogP contribution in [-0.4, -0.2) is 44.7 Å². The molecule has 48 valence electrons. The van der Waals surface area contributed by atoms with Crippen molar-refractivity contribution >= 4 is 30.9 Å². The molecule has 0 aromatic heterocycles. The van der Waals surface area contributed by atoms with Crippen molar-refractivity contribution in [1.82, 2.24) is 0 Å². The zero-order chi connectivity index (χ0) is 0. The van der Waals surface area contributed by atoms with E-state index in [4.69, 9.17) is 0 Å². The van der Waals surface area contributed by atoms with Gasteiger partial charge < -0.3 is 27.4 Å². The predicted molar refractivity (Wildman–Crippen MR) is 29.2 cm³/mol. The molecule has 0 aliphatic carbocycles. The van der Waals surface area contributed by atoms with Gasteiger partial charge >= 0.3 is 17.4 Å². The van der Waals surface area contributed by atoms with Crippen LogP contribution in [0.5, 0.6) is 0 Å². The summed E-state index contributed by atoms with van der Waals surface area (Å²) in [5.74, 6) is 0. The average molecular weight is 148 g/mol. The van der Waals surface area contributed by atoms with Crippen LogP contribution in [0.4, 0.5) is 0 Å². The van der Waals surface area contributed by atoms with Crippen molar-refractivity contribution in [2.24, 2.45) is 0 Å². The van der Waals surface area contributed by atoms with Crippen LogP contribution in [0.2, 0.25) is 0 Å². The molecule has 0 saturated carbocycles. The second kappa shape index (κ2) is 463. The molecule has 0 atom stereocenters. The molecule has 0 aliphatic heterocycles. The first-order valence-corrected chi connectivity index (χ1v) is 0. The monoisotopic (exact) mass is 148 g/mol. The summed E-state index contributed by atoms with van der Waals surface area (Å²) in [7, 11) is 0. The molecule has 0 radical (unpaired) electrons. The molecule has 0 aromatic rings. The Kier molecular flexibility index (Phi) is 48700. The first kappa shape index (κ1) is 737. The fourth-order valence-corrected chi connectivity index (χ4v) is 0. The summed E-state index contributed by atoms with van der Waals surface area (Å²) in [6.07, 6.45) is 0. The van der Waals surface area contributed by atoms with Gasteiger partial charge in [0.05, 0.1) is 0 Å². The molecule has 0 unspecified atom stereocenters. The summed E-state index contributed by atoms with van der Waals surface area (Å²) in [6, 6.07) is 0. The summed E-state index contributed by atoms with van der Waals surface area (Å²) >= 11 is 0. The van der Waals surface area contributed by atoms with E-state index in [9.17, 15) is 0 Å². The molecule has 0 amide bonds. The Morgan fingerprint density at radius 1 is 0.571 bits per heavy atom. The summed E-state index contributed by atoms with van der Waals surface area (Å²) in [6.45, 7) is 0. The second-order valence-corrected chi connectivity index (χ2v) is 0. The molecule has 0 heterocycles. The van der Waals surface area contributed by atoms with Crippen molar-refractivity contribution in [3.63, 3.8) is 0 Å². The molecule has 7 heteroatoms. The summed E-state index contributed by atoms with van der Waals surface area (Å²) in [5, 5.41) is 0. The molecule has 0 fully saturated rings. The van der Waals surface area contributed by atoms with Crippen molar-refractivity contribution in [2.45, 2.75) is 0 Å². The first-order chi connectivity index (χ1) is 0. The summed E-state index contributed by atoms with van der Waals surface area (Å²) in [5.41, 5.74) is 0. The fraction of sp³-hybridized carbons (Fsp3) is 0. The van der Waals surface area contributed by atoms with Gasteiger partial charge in [0.2, 0.25) is 0 Å². The van der Waals surface area contributed by atoms with E-state index in [2.05, 4.69) is 0 Å². The van der Waals surface area contributed by atoms with Crippen LogP contribution in [0, 0.1) is 0 Å². The van der Waals surface area contributed by atoms with Gasteiger partial charge in [-0.25, -0.2) is 0 Å². The van der Waals surface area contributed by atoms with Gasteiger partial charge in [0.1, 0.15) is 0 Å². The maximum atomic E-state index is 0. The topological polar surface area (TPSA) is 153 Å². The van der Waals surface area contributed by atoms with Crippen LogP contribution in [0.15, 0.2) is 0 Å². The van der Waals surface area contributed by atoms with Gasteiger partial charge in [-0.05, 0) is 0 Å². The number of hydrogen-bond acceptors (Lipinski definition) is 3. The van der Waals surface area contributed by atoms with Crippen LogP contribution >= 0.6 is 13.5 Å². The zero-order valence-corrected chi connectivity index (χ0v) is 5.57. The number of hydrogen-bond donors (Lipinski definition) is 0. The zero-order valence-electron chi connectivity index (χ0n) is 3.42. The Morgan fingerprint density at radius 2 is 0.571 bits per heavy atom. The third-order valence-corrected chi connectivity index (χ3v) is 0. The molecule has 0 aliphatic rings. The maximum Gasteiger partial charge on any atom is 3.00 e. The van der Waals surface area contributed by atoms with E-state index in [1.807, 2.05) is 0 Å². The van der Waals surface area contributed by atoms with Crippen molar-refractivity contribution in [3.05, 3.63) is 0 Å². The third kappa shape index (κ3) is 315.